The van der Waals surface area contributed by atoms with E-state index in [0.717, 1.165) is 11.8 Å². The van der Waals surface area contributed by atoms with E-state index in [-0.39, 0.29) is 0 Å². The van der Waals surface area contributed by atoms with Crippen LogP contribution in [0.5, 0.6) is 0 Å². The molecular weight excluding hydrogens is 120 g/mol. The molecule has 0 aromatic heterocycles. The second kappa shape index (κ2) is 2.26. The van der Waals surface area contributed by atoms with Crippen molar-refractivity contribution < 1.29 is 0 Å². The molecule has 0 saturated heterocycles. The Kier molecular flexibility index (Phi) is 1.40. The van der Waals surface area contributed by atoms with E-state index in [0.29, 0.717) is 0 Å². The molecule has 0 amide bonds. The van der Waals surface area contributed by atoms with Gasteiger partial charge in [0, 0.05) is 0 Å². The fourth-order valence-electron chi connectivity index (χ4n) is 1.71. The Morgan fingerprint density at radius 3 is 3.30 bits per heavy atom. The molecule has 2 unspecified atom stereocenters. The molecule has 0 aromatic rings. The van der Waals surface area contributed by atoms with Gasteiger partial charge in [-0.2, -0.15) is 0 Å². The molecule has 0 aliphatic heterocycles. The van der Waals surface area contributed by atoms with Crippen LogP contribution in [-0.2, 0) is 0 Å². The van der Waals surface area contributed by atoms with Crippen LogP contribution < -0.4 is 0 Å². The van der Waals surface area contributed by atoms with Crippen molar-refractivity contribution in [3.63, 3.8) is 0 Å². The first kappa shape index (κ1) is 6.21. The van der Waals surface area contributed by atoms with Crippen molar-refractivity contribution in [2.24, 2.45) is 11.8 Å². The Hall–Kier alpha value is -0.520. The highest BCUT2D eigenvalue weighted by Crippen LogP contribution is 2.44. The molecule has 0 heterocycles. The van der Waals surface area contributed by atoms with Crippen molar-refractivity contribution in [1.29, 1.82) is 0 Å². The van der Waals surface area contributed by atoms with Crippen molar-refractivity contribution in [3.8, 4) is 0 Å². The van der Waals surface area contributed by atoms with E-state index in [1.54, 1.807) is 5.57 Å². The Morgan fingerprint density at radius 2 is 2.50 bits per heavy atom. The van der Waals surface area contributed by atoms with Gasteiger partial charge in [-0.25, -0.2) is 0 Å². The summed E-state index contributed by atoms with van der Waals surface area (Å²) in [7, 11) is 0. The van der Waals surface area contributed by atoms with Gasteiger partial charge in [-0.3, -0.25) is 0 Å². The first-order valence-electron chi connectivity index (χ1n) is 4.27. The van der Waals surface area contributed by atoms with Crippen molar-refractivity contribution in [3.05, 3.63) is 23.8 Å². The summed E-state index contributed by atoms with van der Waals surface area (Å²) in [4.78, 5) is 0. The second-order valence-electron chi connectivity index (χ2n) is 3.39. The fraction of sp³-hybridized carbons (Fsp3) is 0.600. The highest BCUT2D eigenvalue weighted by molar-refractivity contribution is 5.25. The number of hydrogen-bond donors (Lipinski definition) is 0. The molecule has 0 N–H and O–H groups in total. The van der Waals surface area contributed by atoms with Crippen LogP contribution in [0.4, 0.5) is 0 Å². The normalized spacial score (nSPS) is 36.3. The minimum atomic E-state index is 0.949. The Labute approximate surface area is 62.6 Å². The number of hydrogen-bond acceptors (Lipinski definition) is 0. The highest BCUT2D eigenvalue weighted by atomic mass is 14.4. The Balaban J connectivity index is 2.14. The topological polar surface area (TPSA) is 0 Å². The molecule has 0 heteroatoms. The lowest BCUT2D eigenvalue weighted by atomic mass is 10.1. The summed E-state index contributed by atoms with van der Waals surface area (Å²) in [5, 5.41) is 0. The van der Waals surface area contributed by atoms with Crippen LogP contribution in [0.1, 0.15) is 26.2 Å². The standard InChI is InChI=1S/C10H14/c1-2-8-4-3-5-9-7-10(9)6-8/h3-4,6,9-10H,2,5,7H2,1H3. The summed E-state index contributed by atoms with van der Waals surface area (Å²) in [6.45, 7) is 2.24. The quantitative estimate of drug-likeness (QED) is 0.517. The Morgan fingerprint density at radius 1 is 1.60 bits per heavy atom. The molecular formula is C10H14. The van der Waals surface area contributed by atoms with E-state index in [1.165, 1.54) is 19.3 Å². The fourth-order valence-corrected chi connectivity index (χ4v) is 1.71. The molecule has 0 nitrogen and oxygen atoms in total. The van der Waals surface area contributed by atoms with Crippen LogP contribution in [0, 0.1) is 11.8 Å². The van der Waals surface area contributed by atoms with Crippen LogP contribution in [-0.4, -0.2) is 0 Å². The van der Waals surface area contributed by atoms with Crippen LogP contribution in [0.3, 0.4) is 0 Å². The third-order valence-electron chi connectivity index (χ3n) is 2.58. The molecule has 0 bridgehead atoms. The van der Waals surface area contributed by atoms with Gasteiger partial charge in [-0.15, -0.1) is 0 Å². The van der Waals surface area contributed by atoms with Gasteiger partial charge in [0.15, 0.2) is 0 Å². The van der Waals surface area contributed by atoms with Crippen LogP contribution >= 0.6 is 0 Å². The molecule has 2 atom stereocenters. The minimum absolute atomic E-state index is 0.949. The zero-order valence-corrected chi connectivity index (χ0v) is 6.51. The van der Waals surface area contributed by atoms with E-state index >= 15 is 0 Å². The zero-order valence-electron chi connectivity index (χ0n) is 6.51. The third kappa shape index (κ3) is 1.03. The van der Waals surface area contributed by atoms with Gasteiger partial charge in [0.25, 0.3) is 0 Å². The molecule has 0 spiro atoms. The van der Waals surface area contributed by atoms with E-state index < -0.39 is 0 Å². The summed E-state index contributed by atoms with van der Waals surface area (Å²) in [6.07, 6.45) is 11.1. The largest absolute Gasteiger partial charge is 0.0840 e. The van der Waals surface area contributed by atoms with E-state index in [9.17, 15) is 0 Å². The van der Waals surface area contributed by atoms with Gasteiger partial charge >= 0.3 is 0 Å². The molecule has 10 heavy (non-hydrogen) atoms. The monoisotopic (exact) mass is 134 g/mol. The first-order valence-corrected chi connectivity index (χ1v) is 4.27. The smallest absolute Gasteiger partial charge is 0.0193 e. The SMILES string of the molecule is CCC1=CC2CC2CC=C1. The van der Waals surface area contributed by atoms with Gasteiger partial charge in [-0.05, 0) is 31.1 Å². The summed E-state index contributed by atoms with van der Waals surface area (Å²) >= 11 is 0. The summed E-state index contributed by atoms with van der Waals surface area (Å²) in [6, 6.07) is 0. The molecule has 2 aliphatic rings. The number of fused-ring (bicyclic) bond motifs is 1. The van der Waals surface area contributed by atoms with Crippen LogP contribution in [0.2, 0.25) is 0 Å². The average Bonchev–Trinajstić information content (AvgIpc) is 2.61. The van der Waals surface area contributed by atoms with Gasteiger partial charge in [0.2, 0.25) is 0 Å². The molecule has 0 radical (unpaired) electrons. The molecule has 0 aromatic carbocycles. The maximum Gasteiger partial charge on any atom is -0.0193 e. The highest BCUT2D eigenvalue weighted by Gasteiger charge is 2.34. The van der Waals surface area contributed by atoms with Crippen molar-refractivity contribution in [2.45, 2.75) is 26.2 Å². The molecule has 54 valence electrons. The minimum Gasteiger partial charge on any atom is -0.0840 e. The predicted molar refractivity (Wildman–Crippen MR) is 43.7 cm³/mol. The molecule has 2 rings (SSSR count). The lowest BCUT2D eigenvalue weighted by molar-refractivity contribution is 0.811. The first-order chi connectivity index (χ1) is 4.90. The summed E-state index contributed by atoms with van der Waals surface area (Å²) in [5.41, 5.74) is 1.55. The number of rotatable bonds is 1. The predicted octanol–water partition coefficient (Wildman–Crippen LogP) is 2.92. The second-order valence-corrected chi connectivity index (χ2v) is 3.39. The summed E-state index contributed by atoms with van der Waals surface area (Å²) in [5.74, 6) is 1.96. The Bertz CT molecular complexity index is 186. The van der Waals surface area contributed by atoms with E-state index in [1.807, 2.05) is 0 Å². The van der Waals surface area contributed by atoms with E-state index in [4.69, 9.17) is 0 Å². The lowest BCUT2D eigenvalue weighted by Crippen LogP contribution is -1.74. The maximum absolute atomic E-state index is 2.47. The maximum atomic E-state index is 2.47. The molecule has 1 saturated carbocycles. The molecule has 1 fully saturated rings. The third-order valence-corrected chi connectivity index (χ3v) is 2.58. The number of allylic oxidation sites excluding steroid dienone is 4. The van der Waals surface area contributed by atoms with Gasteiger partial charge in [0.05, 0.1) is 0 Å². The van der Waals surface area contributed by atoms with Crippen molar-refractivity contribution in [2.75, 3.05) is 0 Å². The molecule has 2 aliphatic carbocycles. The van der Waals surface area contributed by atoms with Gasteiger partial charge in [0.1, 0.15) is 0 Å². The van der Waals surface area contributed by atoms with E-state index in [2.05, 4.69) is 25.2 Å². The van der Waals surface area contributed by atoms with Gasteiger partial charge < -0.3 is 0 Å². The van der Waals surface area contributed by atoms with Crippen LogP contribution in [0.25, 0.3) is 0 Å². The van der Waals surface area contributed by atoms with Gasteiger partial charge in [-0.1, -0.05) is 30.7 Å². The van der Waals surface area contributed by atoms with Crippen LogP contribution in [0.15, 0.2) is 23.8 Å². The summed E-state index contributed by atoms with van der Waals surface area (Å²) < 4.78 is 0. The van der Waals surface area contributed by atoms with Crippen molar-refractivity contribution >= 4 is 0 Å². The zero-order chi connectivity index (χ0) is 6.97. The average molecular weight is 134 g/mol. The lowest BCUT2D eigenvalue weighted by Gasteiger charge is -1.92. The van der Waals surface area contributed by atoms with Crippen molar-refractivity contribution in [1.82, 2.24) is 0 Å².